The number of benzene rings is 2. The van der Waals surface area contributed by atoms with Gasteiger partial charge in [0.2, 0.25) is 0 Å². The predicted molar refractivity (Wildman–Crippen MR) is 91.9 cm³/mol. The molecule has 0 spiro atoms. The summed E-state index contributed by atoms with van der Waals surface area (Å²) in [5.74, 6) is 2.29. The van der Waals surface area contributed by atoms with E-state index < -0.39 is 0 Å². The normalized spacial score (nSPS) is 13.9. The standard InChI is InChI=1S/C20H19NO3/c1-22-13-23-17-11-9-15(10-12-17)19-18(14-5-3-2-4-6-14)20(24-21-19)16-7-8-16/h2-6,9-12,16H,7-8,13H2,1H3. The van der Waals surface area contributed by atoms with E-state index in [1.807, 2.05) is 42.5 Å². The number of nitrogens with zero attached hydrogens (tertiary/aromatic N) is 1. The minimum Gasteiger partial charge on any atom is -0.468 e. The fraction of sp³-hybridized carbons (Fsp3) is 0.250. The molecule has 0 saturated heterocycles. The largest absolute Gasteiger partial charge is 0.468 e. The smallest absolute Gasteiger partial charge is 0.188 e. The third-order valence-corrected chi connectivity index (χ3v) is 4.20. The highest BCUT2D eigenvalue weighted by Gasteiger charge is 2.33. The van der Waals surface area contributed by atoms with Crippen LogP contribution in [-0.4, -0.2) is 19.1 Å². The molecule has 2 aromatic carbocycles. The van der Waals surface area contributed by atoms with Crippen molar-refractivity contribution in [2.75, 3.05) is 13.9 Å². The second-order valence-electron chi connectivity index (χ2n) is 5.99. The van der Waals surface area contributed by atoms with E-state index in [1.165, 1.54) is 12.8 Å². The van der Waals surface area contributed by atoms with Crippen LogP contribution in [0.25, 0.3) is 22.4 Å². The van der Waals surface area contributed by atoms with Crippen molar-refractivity contribution in [1.82, 2.24) is 5.16 Å². The molecule has 24 heavy (non-hydrogen) atoms. The fourth-order valence-corrected chi connectivity index (χ4v) is 2.84. The topological polar surface area (TPSA) is 44.5 Å². The maximum absolute atomic E-state index is 5.72. The maximum Gasteiger partial charge on any atom is 0.188 e. The van der Waals surface area contributed by atoms with Crippen LogP contribution in [-0.2, 0) is 4.74 Å². The zero-order valence-corrected chi connectivity index (χ0v) is 13.6. The van der Waals surface area contributed by atoms with Gasteiger partial charge in [-0.05, 0) is 42.7 Å². The number of methoxy groups -OCH3 is 1. The predicted octanol–water partition coefficient (Wildman–Crippen LogP) is 4.87. The van der Waals surface area contributed by atoms with Crippen molar-refractivity contribution in [1.29, 1.82) is 0 Å². The van der Waals surface area contributed by atoms with Crippen LogP contribution in [0.4, 0.5) is 0 Å². The van der Waals surface area contributed by atoms with E-state index in [9.17, 15) is 0 Å². The summed E-state index contributed by atoms with van der Waals surface area (Å²) in [6.07, 6.45) is 2.36. The lowest BCUT2D eigenvalue weighted by Gasteiger charge is -2.07. The number of aromatic nitrogens is 1. The second kappa shape index (κ2) is 6.49. The van der Waals surface area contributed by atoms with Crippen molar-refractivity contribution in [2.24, 2.45) is 0 Å². The SMILES string of the molecule is COCOc1ccc(-c2noc(C3CC3)c2-c2ccccc2)cc1. The zero-order valence-electron chi connectivity index (χ0n) is 13.6. The molecular formula is C20H19NO3. The molecule has 1 aliphatic carbocycles. The first-order chi connectivity index (χ1) is 11.9. The van der Waals surface area contributed by atoms with Crippen molar-refractivity contribution in [3.63, 3.8) is 0 Å². The first kappa shape index (κ1) is 15.0. The van der Waals surface area contributed by atoms with Crippen LogP contribution >= 0.6 is 0 Å². The van der Waals surface area contributed by atoms with Crippen LogP contribution in [0.1, 0.15) is 24.5 Å². The van der Waals surface area contributed by atoms with E-state index in [0.717, 1.165) is 33.9 Å². The Morgan fingerprint density at radius 3 is 2.42 bits per heavy atom. The van der Waals surface area contributed by atoms with Crippen molar-refractivity contribution in [3.05, 3.63) is 60.4 Å². The molecule has 4 rings (SSSR count). The van der Waals surface area contributed by atoms with Crippen LogP contribution in [0, 0.1) is 0 Å². The van der Waals surface area contributed by atoms with Gasteiger partial charge in [0.25, 0.3) is 0 Å². The highest BCUT2D eigenvalue weighted by molar-refractivity contribution is 5.82. The Balaban J connectivity index is 1.73. The number of rotatable bonds is 6. The van der Waals surface area contributed by atoms with Gasteiger partial charge in [0, 0.05) is 18.6 Å². The van der Waals surface area contributed by atoms with Crippen LogP contribution in [0.3, 0.4) is 0 Å². The summed E-state index contributed by atoms with van der Waals surface area (Å²) in [5.41, 5.74) is 4.18. The molecular weight excluding hydrogens is 302 g/mol. The zero-order chi connectivity index (χ0) is 16.4. The molecule has 122 valence electrons. The van der Waals surface area contributed by atoms with Gasteiger partial charge in [0.05, 0.1) is 5.56 Å². The highest BCUT2D eigenvalue weighted by Crippen LogP contribution is 2.47. The molecule has 1 saturated carbocycles. The lowest BCUT2D eigenvalue weighted by molar-refractivity contribution is 0.0511. The summed E-state index contributed by atoms with van der Waals surface area (Å²) in [4.78, 5) is 0. The highest BCUT2D eigenvalue weighted by atomic mass is 16.7. The summed E-state index contributed by atoms with van der Waals surface area (Å²) in [6, 6.07) is 18.2. The summed E-state index contributed by atoms with van der Waals surface area (Å²) >= 11 is 0. The van der Waals surface area contributed by atoms with Gasteiger partial charge in [-0.1, -0.05) is 35.5 Å². The Morgan fingerprint density at radius 1 is 1.00 bits per heavy atom. The molecule has 0 N–H and O–H groups in total. The second-order valence-corrected chi connectivity index (χ2v) is 5.99. The van der Waals surface area contributed by atoms with Crippen LogP contribution < -0.4 is 4.74 Å². The van der Waals surface area contributed by atoms with Crippen molar-refractivity contribution < 1.29 is 14.0 Å². The minimum atomic E-state index is 0.240. The molecule has 4 heteroatoms. The maximum atomic E-state index is 5.72. The number of hydrogen-bond acceptors (Lipinski definition) is 4. The van der Waals surface area contributed by atoms with Gasteiger partial charge in [-0.3, -0.25) is 0 Å². The van der Waals surface area contributed by atoms with Gasteiger partial charge >= 0.3 is 0 Å². The molecule has 1 fully saturated rings. The summed E-state index contributed by atoms with van der Waals surface area (Å²) in [5, 5.41) is 4.38. The molecule has 0 aliphatic heterocycles. The van der Waals surface area contributed by atoms with Crippen LogP contribution in [0.15, 0.2) is 59.1 Å². The van der Waals surface area contributed by atoms with Crippen LogP contribution in [0.5, 0.6) is 5.75 Å². The fourth-order valence-electron chi connectivity index (χ4n) is 2.84. The molecule has 0 bridgehead atoms. The molecule has 1 aliphatic rings. The van der Waals surface area contributed by atoms with E-state index in [4.69, 9.17) is 14.0 Å². The van der Waals surface area contributed by atoms with Gasteiger partial charge in [-0.25, -0.2) is 0 Å². The summed E-state index contributed by atoms with van der Waals surface area (Å²) in [7, 11) is 1.61. The Labute approximate surface area is 141 Å². The average Bonchev–Trinajstić information content (AvgIpc) is 3.39. The minimum absolute atomic E-state index is 0.240. The molecule has 3 aromatic rings. The van der Waals surface area contributed by atoms with Gasteiger partial charge < -0.3 is 14.0 Å². The molecule has 1 heterocycles. The molecule has 0 atom stereocenters. The molecule has 0 unspecified atom stereocenters. The average molecular weight is 321 g/mol. The van der Waals surface area contributed by atoms with Crippen molar-refractivity contribution >= 4 is 0 Å². The van der Waals surface area contributed by atoms with Gasteiger partial charge in [-0.2, -0.15) is 0 Å². The lowest BCUT2D eigenvalue weighted by Crippen LogP contribution is -1.98. The summed E-state index contributed by atoms with van der Waals surface area (Å²) < 4.78 is 16.1. The monoisotopic (exact) mass is 321 g/mol. The van der Waals surface area contributed by atoms with E-state index >= 15 is 0 Å². The third-order valence-electron chi connectivity index (χ3n) is 4.20. The number of ether oxygens (including phenoxy) is 2. The van der Waals surface area contributed by atoms with Gasteiger partial charge in [-0.15, -0.1) is 0 Å². The van der Waals surface area contributed by atoms with Gasteiger partial charge in [0.15, 0.2) is 6.79 Å². The van der Waals surface area contributed by atoms with Crippen molar-refractivity contribution in [3.8, 4) is 28.1 Å². The Hall–Kier alpha value is -2.59. The third kappa shape index (κ3) is 2.93. The van der Waals surface area contributed by atoms with E-state index in [-0.39, 0.29) is 6.79 Å². The first-order valence-electron chi connectivity index (χ1n) is 8.14. The number of hydrogen-bond donors (Lipinski definition) is 0. The van der Waals surface area contributed by atoms with E-state index in [2.05, 4.69) is 17.3 Å². The van der Waals surface area contributed by atoms with Crippen molar-refractivity contribution in [2.45, 2.75) is 18.8 Å². The Morgan fingerprint density at radius 2 is 1.75 bits per heavy atom. The van der Waals surface area contributed by atoms with Crippen LogP contribution in [0.2, 0.25) is 0 Å². The van der Waals surface area contributed by atoms with Gasteiger partial charge in [0.1, 0.15) is 17.2 Å². The van der Waals surface area contributed by atoms with E-state index in [1.54, 1.807) is 7.11 Å². The Bertz CT molecular complexity index is 805. The molecule has 4 nitrogen and oxygen atoms in total. The lowest BCUT2D eigenvalue weighted by atomic mass is 9.97. The molecule has 0 radical (unpaired) electrons. The summed E-state index contributed by atoms with van der Waals surface area (Å²) in [6.45, 7) is 0.240. The van der Waals surface area contributed by atoms with E-state index in [0.29, 0.717) is 5.92 Å². The quantitative estimate of drug-likeness (QED) is 0.608. The molecule has 1 aromatic heterocycles. The Kier molecular flexibility index (Phi) is 4.05. The molecule has 0 amide bonds. The first-order valence-corrected chi connectivity index (χ1v) is 8.14.